The minimum absolute atomic E-state index is 0.281. The molecule has 0 saturated carbocycles. The van der Waals surface area contributed by atoms with Crippen LogP contribution in [0.25, 0.3) is 0 Å². The zero-order valence-corrected chi connectivity index (χ0v) is 14.1. The molecule has 0 amide bonds. The number of hydrogen-bond donors (Lipinski definition) is 1. The van der Waals surface area contributed by atoms with Crippen LogP contribution in [0.1, 0.15) is 54.4 Å². The zero-order chi connectivity index (χ0) is 15.2. The quantitative estimate of drug-likeness (QED) is 0.562. The van der Waals surface area contributed by atoms with E-state index in [4.69, 9.17) is 5.73 Å². The van der Waals surface area contributed by atoms with E-state index in [1.165, 1.54) is 0 Å². The van der Waals surface area contributed by atoms with E-state index in [9.17, 15) is 8.78 Å². The molecule has 1 unspecified atom stereocenters. The number of halogens is 2. The highest BCUT2D eigenvalue weighted by Gasteiger charge is 2.41. The smallest absolute Gasteiger partial charge is 0.253 e. The molecular weight excluding hydrogens is 260 g/mol. The Labute approximate surface area is 118 Å². The zero-order valence-electron chi connectivity index (χ0n) is 13.1. The molecule has 0 radical (unpaired) electrons. The molecule has 0 heterocycles. The molecule has 0 aliphatic rings. The molecule has 1 atom stereocenters. The summed E-state index contributed by atoms with van der Waals surface area (Å²) in [5, 5.41) is 0. The van der Waals surface area contributed by atoms with Crippen molar-refractivity contribution in [3.05, 3.63) is 0 Å². The highest BCUT2D eigenvalue weighted by atomic mass is 28.3. The number of alkyl halides is 2. The Kier molecular flexibility index (Phi) is 7.84. The highest BCUT2D eigenvalue weighted by Crippen LogP contribution is 2.40. The first kappa shape index (κ1) is 18.6. The van der Waals surface area contributed by atoms with Crippen molar-refractivity contribution < 1.29 is 8.78 Å². The minimum atomic E-state index is -2.44. The van der Waals surface area contributed by atoms with Gasteiger partial charge in [0.2, 0.25) is 0 Å². The second-order valence-corrected chi connectivity index (χ2v) is 11.8. The lowest BCUT2D eigenvalue weighted by molar-refractivity contribution is 0.113. The van der Waals surface area contributed by atoms with Crippen molar-refractivity contribution in [1.82, 2.24) is 0 Å². The maximum atomic E-state index is 12.3. The molecule has 4 heteroatoms. The lowest BCUT2D eigenvalue weighted by Gasteiger charge is -2.38. The fourth-order valence-electron chi connectivity index (χ4n) is 3.01. The molecule has 0 saturated heterocycles. The van der Waals surface area contributed by atoms with Gasteiger partial charge in [0, 0.05) is 6.42 Å². The van der Waals surface area contributed by atoms with Crippen LogP contribution in [0.5, 0.6) is 0 Å². The molecule has 0 aromatic carbocycles. The van der Waals surface area contributed by atoms with E-state index in [-0.39, 0.29) is 6.42 Å². The van der Waals surface area contributed by atoms with E-state index in [1.807, 2.05) is 0 Å². The van der Waals surface area contributed by atoms with Crippen LogP contribution in [-0.4, -0.2) is 20.5 Å². The van der Waals surface area contributed by atoms with Gasteiger partial charge in [-0.25, -0.2) is 8.78 Å². The van der Waals surface area contributed by atoms with Gasteiger partial charge in [0.25, 0.3) is 6.43 Å². The molecular formula is C15H29F2NSi. The van der Waals surface area contributed by atoms with Crippen molar-refractivity contribution in [1.29, 1.82) is 0 Å². The SMILES string of the molecule is CC(C)[Si](C#CCCC(N)C(F)F)(C(C)C)C(C)C. The van der Waals surface area contributed by atoms with E-state index in [1.54, 1.807) is 0 Å². The summed E-state index contributed by atoms with van der Waals surface area (Å²) in [6.07, 6.45) is -1.68. The molecule has 0 aromatic heterocycles. The summed E-state index contributed by atoms with van der Waals surface area (Å²) < 4.78 is 24.6. The average Bonchev–Trinajstić information content (AvgIpc) is 2.26. The molecule has 0 aromatic rings. The summed E-state index contributed by atoms with van der Waals surface area (Å²) in [6, 6.07) is -1.04. The van der Waals surface area contributed by atoms with Gasteiger partial charge in [-0.1, -0.05) is 41.5 Å². The Bertz CT molecular complexity index is 294. The van der Waals surface area contributed by atoms with Crippen molar-refractivity contribution in [2.45, 2.75) is 83.5 Å². The van der Waals surface area contributed by atoms with Gasteiger partial charge in [0.1, 0.15) is 8.07 Å². The largest absolute Gasteiger partial charge is 0.323 e. The molecule has 0 bridgehead atoms. The van der Waals surface area contributed by atoms with E-state index >= 15 is 0 Å². The lowest BCUT2D eigenvalue weighted by atomic mass is 10.2. The van der Waals surface area contributed by atoms with Gasteiger partial charge in [0.05, 0.1) is 6.04 Å². The topological polar surface area (TPSA) is 26.0 Å². The van der Waals surface area contributed by atoms with Gasteiger partial charge in [-0.05, 0) is 23.0 Å². The molecule has 0 aliphatic carbocycles. The number of nitrogens with two attached hydrogens (primary N) is 1. The third kappa shape index (κ3) is 4.89. The Balaban J connectivity index is 4.86. The Morgan fingerprint density at radius 2 is 1.37 bits per heavy atom. The normalized spacial score (nSPS) is 14.2. The Morgan fingerprint density at radius 3 is 1.68 bits per heavy atom. The second-order valence-electron chi connectivity index (χ2n) is 6.24. The monoisotopic (exact) mass is 289 g/mol. The second kappa shape index (κ2) is 8.01. The third-order valence-corrected chi connectivity index (χ3v) is 10.4. The van der Waals surface area contributed by atoms with Gasteiger partial charge in [-0.15, -0.1) is 11.5 Å². The summed E-state index contributed by atoms with van der Waals surface area (Å²) in [4.78, 5) is 0. The van der Waals surface area contributed by atoms with Crippen LogP contribution in [0.3, 0.4) is 0 Å². The predicted molar refractivity (Wildman–Crippen MR) is 82.0 cm³/mol. The maximum Gasteiger partial charge on any atom is 0.253 e. The van der Waals surface area contributed by atoms with Crippen LogP contribution in [0.15, 0.2) is 0 Å². The molecule has 1 nitrogen and oxygen atoms in total. The van der Waals surface area contributed by atoms with E-state index in [2.05, 4.69) is 53.0 Å². The Hall–Kier alpha value is -0.403. The maximum absolute atomic E-state index is 12.3. The highest BCUT2D eigenvalue weighted by molar-refractivity contribution is 6.90. The van der Waals surface area contributed by atoms with Gasteiger partial charge in [-0.3, -0.25) is 0 Å². The third-order valence-electron chi connectivity index (χ3n) is 4.10. The number of hydrogen-bond acceptors (Lipinski definition) is 1. The predicted octanol–water partition coefficient (Wildman–Crippen LogP) is 4.58. The summed E-state index contributed by atoms with van der Waals surface area (Å²) >= 11 is 0. The summed E-state index contributed by atoms with van der Waals surface area (Å²) in [5.41, 5.74) is 10.6. The summed E-state index contributed by atoms with van der Waals surface area (Å²) in [6.45, 7) is 13.5. The van der Waals surface area contributed by atoms with E-state index in [0.717, 1.165) is 0 Å². The molecule has 0 spiro atoms. The van der Waals surface area contributed by atoms with Crippen molar-refractivity contribution in [3.63, 3.8) is 0 Å². The van der Waals surface area contributed by atoms with Crippen LogP contribution in [0.4, 0.5) is 8.78 Å². The average molecular weight is 289 g/mol. The van der Waals surface area contributed by atoms with Gasteiger partial charge in [-0.2, -0.15) is 0 Å². The van der Waals surface area contributed by atoms with Crippen molar-refractivity contribution in [2.24, 2.45) is 5.73 Å². The lowest BCUT2D eigenvalue weighted by Crippen LogP contribution is -2.43. The fraction of sp³-hybridized carbons (Fsp3) is 0.867. The minimum Gasteiger partial charge on any atom is -0.323 e. The summed E-state index contributed by atoms with van der Waals surface area (Å²) in [5.74, 6) is 3.15. The van der Waals surface area contributed by atoms with Crippen LogP contribution in [0, 0.1) is 11.5 Å². The fourth-order valence-corrected chi connectivity index (χ4v) is 8.31. The first-order chi connectivity index (χ1) is 8.66. The molecule has 112 valence electrons. The van der Waals surface area contributed by atoms with Crippen LogP contribution >= 0.6 is 0 Å². The van der Waals surface area contributed by atoms with Crippen molar-refractivity contribution in [2.75, 3.05) is 0 Å². The van der Waals surface area contributed by atoms with Crippen molar-refractivity contribution >= 4 is 8.07 Å². The van der Waals surface area contributed by atoms with E-state index in [0.29, 0.717) is 23.0 Å². The first-order valence-electron chi connectivity index (χ1n) is 7.20. The van der Waals surface area contributed by atoms with Gasteiger partial charge >= 0.3 is 0 Å². The summed E-state index contributed by atoms with van der Waals surface area (Å²) in [7, 11) is -1.72. The molecule has 19 heavy (non-hydrogen) atoms. The first-order valence-corrected chi connectivity index (χ1v) is 9.43. The Morgan fingerprint density at radius 1 is 0.947 bits per heavy atom. The molecule has 0 aliphatic heterocycles. The standard InChI is InChI=1S/C15H29F2NSi/c1-11(2)19(12(3)4,13(5)6)10-8-7-9-14(18)15(16)17/h11-15H,7,9,18H2,1-6H3. The van der Waals surface area contributed by atoms with Gasteiger partial charge in [0.15, 0.2) is 0 Å². The van der Waals surface area contributed by atoms with Crippen molar-refractivity contribution in [3.8, 4) is 11.5 Å². The van der Waals surface area contributed by atoms with Crippen LogP contribution < -0.4 is 5.73 Å². The van der Waals surface area contributed by atoms with E-state index < -0.39 is 20.5 Å². The van der Waals surface area contributed by atoms with Crippen LogP contribution in [-0.2, 0) is 0 Å². The molecule has 0 fully saturated rings. The van der Waals surface area contributed by atoms with Crippen LogP contribution in [0.2, 0.25) is 16.6 Å². The number of rotatable bonds is 6. The molecule has 0 rings (SSSR count). The van der Waals surface area contributed by atoms with Gasteiger partial charge < -0.3 is 5.73 Å². The molecule has 2 N–H and O–H groups in total.